The van der Waals surface area contributed by atoms with Crippen LogP contribution in [0.1, 0.15) is 16.1 Å². The number of thiazole rings is 1. The number of methoxy groups -OCH3 is 2. The van der Waals surface area contributed by atoms with Gasteiger partial charge >= 0.3 is 5.97 Å². The highest BCUT2D eigenvalue weighted by Crippen LogP contribution is 2.28. The van der Waals surface area contributed by atoms with Crippen LogP contribution < -0.4 is 4.90 Å². The van der Waals surface area contributed by atoms with E-state index in [-0.39, 0.29) is 5.97 Å². The van der Waals surface area contributed by atoms with Crippen LogP contribution in [0.25, 0.3) is 0 Å². The average Bonchev–Trinajstić information content (AvgIpc) is 2.96. The fraction of sp³-hybridized carbons (Fsp3) is 0.636. The van der Waals surface area contributed by atoms with Gasteiger partial charge in [-0.05, 0) is 6.42 Å². The summed E-state index contributed by atoms with van der Waals surface area (Å²) in [5, 5.41) is 0.893. The van der Waals surface area contributed by atoms with E-state index in [9.17, 15) is 4.79 Å². The van der Waals surface area contributed by atoms with Gasteiger partial charge < -0.3 is 14.4 Å². The van der Waals surface area contributed by atoms with Crippen LogP contribution in [0.3, 0.4) is 0 Å². The Balaban J connectivity index is 1.99. The molecule has 1 unspecified atom stereocenters. The number of carbonyl (C=O) groups is 1. The molecule has 5 nitrogen and oxygen atoms in total. The van der Waals surface area contributed by atoms with E-state index in [2.05, 4.69) is 14.6 Å². The van der Waals surface area contributed by atoms with Crippen LogP contribution in [0.4, 0.5) is 5.13 Å². The molecule has 6 heteroatoms. The van der Waals surface area contributed by atoms with Crippen LogP contribution in [0.5, 0.6) is 0 Å². The van der Waals surface area contributed by atoms with Gasteiger partial charge in [0.1, 0.15) is 4.88 Å². The summed E-state index contributed by atoms with van der Waals surface area (Å²) in [6.45, 7) is 2.70. The van der Waals surface area contributed by atoms with Gasteiger partial charge in [-0.1, -0.05) is 11.3 Å². The number of rotatable bonds is 4. The fourth-order valence-corrected chi connectivity index (χ4v) is 2.85. The van der Waals surface area contributed by atoms with E-state index in [1.165, 1.54) is 18.4 Å². The van der Waals surface area contributed by atoms with E-state index < -0.39 is 0 Å². The molecule has 0 aliphatic carbocycles. The predicted octanol–water partition coefficient (Wildman–Crippen LogP) is 1.40. The highest BCUT2D eigenvalue weighted by molar-refractivity contribution is 7.17. The third kappa shape index (κ3) is 2.76. The number of carbonyl (C=O) groups excluding carboxylic acids is 1. The lowest BCUT2D eigenvalue weighted by Gasteiger charge is -2.14. The van der Waals surface area contributed by atoms with E-state index in [0.29, 0.717) is 10.8 Å². The number of anilines is 1. The first-order valence-corrected chi connectivity index (χ1v) is 6.34. The van der Waals surface area contributed by atoms with Crippen molar-refractivity contribution in [2.45, 2.75) is 6.42 Å². The minimum Gasteiger partial charge on any atom is -0.465 e. The monoisotopic (exact) mass is 256 g/mol. The highest BCUT2D eigenvalue weighted by Gasteiger charge is 2.25. The number of aromatic nitrogens is 1. The van der Waals surface area contributed by atoms with Crippen molar-refractivity contribution in [1.29, 1.82) is 0 Å². The summed E-state index contributed by atoms with van der Waals surface area (Å²) in [6, 6.07) is 0. The maximum atomic E-state index is 11.3. The van der Waals surface area contributed by atoms with Crippen LogP contribution in [0.2, 0.25) is 0 Å². The van der Waals surface area contributed by atoms with Gasteiger partial charge in [0.05, 0.1) is 19.9 Å². The Labute approximate surface area is 104 Å². The summed E-state index contributed by atoms with van der Waals surface area (Å²) in [6.07, 6.45) is 2.69. The van der Waals surface area contributed by atoms with Gasteiger partial charge in [-0.3, -0.25) is 0 Å². The van der Waals surface area contributed by atoms with E-state index >= 15 is 0 Å². The van der Waals surface area contributed by atoms with Crippen molar-refractivity contribution in [2.24, 2.45) is 5.92 Å². The topological polar surface area (TPSA) is 51.7 Å². The molecule has 0 bridgehead atoms. The van der Waals surface area contributed by atoms with Crippen LogP contribution in [0.15, 0.2) is 6.20 Å². The molecule has 2 heterocycles. The third-order valence-electron chi connectivity index (χ3n) is 2.84. The zero-order valence-corrected chi connectivity index (χ0v) is 10.8. The first-order chi connectivity index (χ1) is 8.24. The molecule has 2 rings (SSSR count). The van der Waals surface area contributed by atoms with Crippen molar-refractivity contribution in [3.05, 3.63) is 11.1 Å². The molecule has 1 atom stereocenters. The van der Waals surface area contributed by atoms with Crippen molar-refractivity contribution in [3.63, 3.8) is 0 Å². The molecule has 0 saturated carbocycles. The maximum Gasteiger partial charge on any atom is 0.349 e. The van der Waals surface area contributed by atoms with Gasteiger partial charge in [0.25, 0.3) is 0 Å². The van der Waals surface area contributed by atoms with Crippen molar-refractivity contribution in [1.82, 2.24) is 4.98 Å². The number of hydrogen-bond donors (Lipinski definition) is 0. The number of esters is 1. The van der Waals surface area contributed by atoms with Crippen molar-refractivity contribution in [2.75, 3.05) is 38.8 Å². The lowest BCUT2D eigenvalue weighted by atomic mass is 10.1. The normalized spacial score (nSPS) is 19.6. The van der Waals surface area contributed by atoms with Gasteiger partial charge in [-0.15, -0.1) is 0 Å². The van der Waals surface area contributed by atoms with E-state index in [1.807, 2.05) is 0 Å². The van der Waals surface area contributed by atoms with Gasteiger partial charge in [0.15, 0.2) is 5.13 Å². The van der Waals surface area contributed by atoms with Crippen LogP contribution >= 0.6 is 11.3 Å². The summed E-state index contributed by atoms with van der Waals surface area (Å²) in [5.41, 5.74) is 0. The summed E-state index contributed by atoms with van der Waals surface area (Å²) in [5.74, 6) is 0.242. The van der Waals surface area contributed by atoms with Crippen LogP contribution in [-0.4, -0.2) is 44.9 Å². The zero-order valence-electron chi connectivity index (χ0n) is 10.0. The van der Waals surface area contributed by atoms with Gasteiger partial charge in [0, 0.05) is 26.1 Å². The zero-order chi connectivity index (χ0) is 12.3. The molecule has 0 amide bonds. The standard InChI is InChI=1S/C11H16N2O3S/c1-15-7-8-3-4-13(6-8)11-12-5-9(17-11)10(14)16-2/h5,8H,3-4,6-7H2,1-2H3. The molecule has 0 spiro atoms. The summed E-state index contributed by atoms with van der Waals surface area (Å²) in [4.78, 5) is 18.3. The molecule has 0 radical (unpaired) electrons. The van der Waals surface area contributed by atoms with Gasteiger partial charge in [-0.2, -0.15) is 0 Å². The average molecular weight is 256 g/mol. The molecule has 1 aliphatic heterocycles. The smallest absolute Gasteiger partial charge is 0.349 e. The molecule has 0 N–H and O–H groups in total. The Morgan fingerprint density at radius 2 is 2.47 bits per heavy atom. The predicted molar refractivity (Wildman–Crippen MR) is 65.6 cm³/mol. The third-order valence-corrected chi connectivity index (χ3v) is 3.88. The summed E-state index contributed by atoms with van der Waals surface area (Å²) < 4.78 is 9.82. The SMILES string of the molecule is COCC1CCN(c2ncc(C(=O)OC)s2)C1. The second-order valence-electron chi connectivity index (χ2n) is 4.05. The molecule has 1 aromatic rings. The quantitative estimate of drug-likeness (QED) is 0.762. The first-order valence-electron chi connectivity index (χ1n) is 5.52. The number of hydrogen-bond acceptors (Lipinski definition) is 6. The molecule has 1 saturated heterocycles. The Kier molecular flexibility index (Phi) is 3.96. The molecule has 17 heavy (non-hydrogen) atoms. The summed E-state index contributed by atoms with van der Waals surface area (Å²) >= 11 is 1.38. The Morgan fingerprint density at radius 1 is 1.65 bits per heavy atom. The fourth-order valence-electron chi connectivity index (χ4n) is 1.98. The van der Waals surface area contributed by atoms with E-state index in [1.54, 1.807) is 13.3 Å². The van der Waals surface area contributed by atoms with Crippen LogP contribution in [-0.2, 0) is 9.47 Å². The van der Waals surface area contributed by atoms with Crippen molar-refractivity contribution >= 4 is 22.4 Å². The Bertz CT molecular complexity index is 394. The molecular weight excluding hydrogens is 240 g/mol. The molecular formula is C11H16N2O3S. The second-order valence-corrected chi connectivity index (χ2v) is 5.06. The second kappa shape index (κ2) is 5.46. The molecule has 0 aromatic carbocycles. The lowest BCUT2D eigenvalue weighted by Crippen LogP contribution is -2.20. The molecule has 1 fully saturated rings. The van der Waals surface area contributed by atoms with Gasteiger partial charge in [-0.25, -0.2) is 9.78 Å². The summed E-state index contributed by atoms with van der Waals surface area (Å²) in [7, 11) is 3.10. The minimum absolute atomic E-state index is 0.318. The Morgan fingerprint density at radius 3 is 3.18 bits per heavy atom. The van der Waals surface area contributed by atoms with Gasteiger partial charge in [0.2, 0.25) is 0 Å². The van der Waals surface area contributed by atoms with Crippen molar-refractivity contribution < 1.29 is 14.3 Å². The molecule has 1 aromatic heterocycles. The van der Waals surface area contributed by atoms with Crippen LogP contribution in [0, 0.1) is 5.92 Å². The maximum absolute atomic E-state index is 11.3. The minimum atomic E-state index is -0.318. The lowest BCUT2D eigenvalue weighted by molar-refractivity contribution is 0.0606. The van der Waals surface area contributed by atoms with E-state index in [0.717, 1.165) is 31.2 Å². The van der Waals surface area contributed by atoms with Crippen molar-refractivity contribution in [3.8, 4) is 0 Å². The first kappa shape index (κ1) is 12.3. The number of nitrogens with zero attached hydrogens (tertiary/aromatic N) is 2. The number of ether oxygens (including phenoxy) is 2. The highest BCUT2D eigenvalue weighted by atomic mass is 32.1. The molecule has 94 valence electrons. The molecule has 1 aliphatic rings. The Hall–Kier alpha value is -1.14. The largest absolute Gasteiger partial charge is 0.465 e. The van der Waals surface area contributed by atoms with E-state index in [4.69, 9.17) is 4.74 Å².